The number of ketones is 1. The van der Waals surface area contributed by atoms with Crippen LogP contribution in [0.4, 0.5) is 8.78 Å². The molecule has 2 N–H and O–H groups in total. The van der Waals surface area contributed by atoms with E-state index in [1.807, 2.05) is 0 Å². The first-order chi connectivity index (χ1) is 8.93. The molecule has 1 aliphatic rings. The van der Waals surface area contributed by atoms with Crippen LogP contribution < -0.4 is 15.2 Å². The zero-order valence-electron chi connectivity index (χ0n) is 10.5. The lowest BCUT2D eigenvalue weighted by molar-refractivity contribution is 0.0158. The fourth-order valence-electron chi connectivity index (χ4n) is 1.95. The standard InChI is InChI=1S/C13H15F2NO3/c1-13(14,15)9-7-12-11(18-4-5-19-12)6-8(9)10(17)2-3-16/h6-7H,2-5,16H2,1H3. The summed E-state index contributed by atoms with van der Waals surface area (Å²) < 4.78 is 37.8. The molecule has 2 rings (SSSR count). The van der Waals surface area contributed by atoms with Crippen molar-refractivity contribution in [2.24, 2.45) is 5.73 Å². The number of alkyl halides is 2. The monoisotopic (exact) mass is 271 g/mol. The van der Waals surface area contributed by atoms with Crippen LogP contribution in [0.3, 0.4) is 0 Å². The van der Waals surface area contributed by atoms with Crippen molar-refractivity contribution in [3.63, 3.8) is 0 Å². The Morgan fingerprint density at radius 3 is 2.42 bits per heavy atom. The maximum Gasteiger partial charge on any atom is 0.271 e. The summed E-state index contributed by atoms with van der Waals surface area (Å²) in [4.78, 5) is 11.9. The van der Waals surface area contributed by atoms with E-state index in [0.717, 1.165) is 6.92 Å². The minimum Gasteiger partial charge on any atom is -0.486 e. The smallest absolute Gasteiger partial charge is 0.271 e. The number of carbonyl (C=O) groups excluding carboxylic acids is 1. The normalized spacial score (nSPS) is 14.3. The highest BCUT2D eigenvalue weighted by atomic mass is 19.3. The highest BCUT2D eigenvalue weighted by Gasteiger charge is 2.32. The molecule has 0 unspecified atom stereocenters. The second-order valence-electron chi connectivity index (χ2n) is 4.39. The molecule has 0 saturated heterocycles. The molecule has 1 heterocycles. The molecular formula is C13H15F2NO3. The lowest BCUT2D eigenvalue weighted by Gasteiger charge is -2.22. The van der Waals surface area contributed by atoms with Crippen LogP contribution in [0.5, 0.6) is 11.5 Å². The van der Waals surface area contributed by atoms with Crippen LogP contribution in [0, 0.1) is 0 Å². The zero-order valence-corrected chi connectivity index (χ0v) is 10.5. The first-order valence-corrected chi connectivity index (χ1v) is 5.98. The van der Waals surface area contributed by atoms with Crippen LogP contribution >= 0.6 is 0 Å². The van der Waals surface area contributed by atoms with Crippen molar-refractivity contribution >= 4 is 5.78 Å². The molecule has 4 nitrogen and oxygen atoms in total. The van der Waals surface area contributed by atoms with Gasteiger partial charge in [0.2, 0.25) is 0 Å². The number of nitrogens with two attached hydrogens (primary N) is 1. The molecule has 0 spiro atoms. The van der Waals surface area contributed by atoms with E-state index in [-0.39, 0.29) is 29.8 Å². The molecule has 0 fully saturated rings. The molecule has 1 aliphatic heterocycles. The molecule has 0 amide bonds. The summed E-state index contributed by atoms with van der Waals surface area (Å²) in [5, 5.41) is 0. The van der Waals surface area contributed by atoms with E-state index in [2.05, 4.69) is 0 Å². The Morgan fingerprint density at radius 1 is 1.32 bits per heavy atom. The molecular weight excluding hydrogens is 256 g/mol. The molecule has 104 valence electrons. The van der Waals surface area contributed by atoms with Crippen molar-refractivity contribution in [3.05, 3.63) is 23.3 Å². The molecule has 1 aromatic carbocycles. The molecule has 6 heteroatoms. The molecule has 0 aromatic heterocycles. The SMILES string of the molecule is CC(F)(F)c1cc2c(cc1C(=O)CCN)OCCO2. The lowest BCUT2D eigenvalue weighted by Crippen LogP contribution is -2.20. The van der Waals surface area contributed by atoms with Gasteiger partial charge in [0, 0.05) is 24.5 Å². The second kappa shape index (κ2) is 5.13. The first kappa shape index (κ1) is 13.7. The van der Waals surface area contributed by atoms with Gasteiger partial charge in [-0.25, -0.2) is 8.78 Å². The highest BCUT2D eigenvalue weighted by Crippen LogP contribution is 2.39. The summed E-state index contributed by atoms with van der Waals surface area (Å²) in [5.41, 5.74) is 4.89. The Morgan fingerprint density at radius 2 is 1.89 bits per heavy atom. The number of halogens is 2. The Hall–Kier alpha value is -1.69. The van der Waals surface area contributed by atoms with Crippen molar-refractivity contribution in [2.45, 2.75) is 19.3 Å². The zero-order chi connectivity index (χ0) is 14.0. The van der Waals surface area contributed by atoms with Gasteiger partial charge in [-0.2, -0.15) is 0 Å². The van der Waals surface area contributed by atoms with Gasteiger partial charge in [-0.3, -0.25) is 4.79 Å². The molecule has 0 aliphatic carbocycles. The third kappa shape index (κ3) is 2.84. The topological polar surface area (TPSA) is 61.6 Å². The summed E-state index contributed by atoms with van der Waals surface area (Å²) >= 11 is 0. The van der Waals surface area contributed by atoms with E-state index in [1.54, 1.807) is 0 Å². The van der Waals surface area contributed by atoms with Gasteiger partial charge in [-0.1, -0.05) is 0 Å². The van der Waals surface area contributed by atoms with Crippen molar-refractivity contribution in [2.75, 3.05) is 19.8 Å². The number of rotatable bonds is 4. The Kier molecular flexibility index (Phi) is 3.71. The van der Waals surface area contributed by atoms with Crippen LogP contribution in [-0.2, 0) is 5.92 Å². The maximum atomic E-state index is 13.6. The van der Waals surface area contributed by atoms with Crippen molar-refractivity contribution in [3.8, 4) is 11.5 Å². The third-order valence-corrected chi connectivity index (χ3v) is 2.83. The second-order valence-corrected chi connectivity index (χ2v) is 4.39. The van der Waals surface area contributed by atoms with E-state index < -0.39 is 11.7 Å². The fraction of sp³-hybridized carbons (Fsp3) is 0.462. The molecule has 0 radical (unpaired) electrons. The van der Waals surface area contributed by atoms with Crippen LogP contribution in [0.15, 0.2) is 12.1 Å². The average molecular weight is 271 g/mol. The van der Waals surface area contributed by atoms with E-state index in [4.69, 9.17) is 15.2 Å². The Labute approximate surface area is 109 Å². The maximum absolute atomic E-state index is 13.6. The summed E-state index contributed by atoms with van der Waals surface area (Å²) in [5.74, 6) is -2.99. The van der Waals surface area contributed by atoms with Crippen LogP contribution in [0.25, 0.3) is 0 Å². The summed E-state index contributed by atoms with van der Waals surface area (Å²) in [7, 11) is 0. The summed E-state index contributed by atoms with van der Waals surface area (Å²) in [6, 6.07) is 2.50. The minimum atomic E-state index is -3.13. The Bertz CT molecular complexity index is 497. The molecule has 0 bridgehead atoms. The van der Waals surface area contributed by atoms with E-state index in [9.17, 15) is 13.6 Å². The molecule has 1 aromatic rings. The quantitative estimate of drug-likeness (QED) is 0.852. The summed E-state index contributed by atoms with van der Waals surface area (Å²) in [6.07, 6.45) is 0.0166. The van der Waals surface area contributed by atoms with Gasteiger partial charge in [-0.05, 0) is 18.7 Å². The number of hydrogen-bond donors (Lipinski definition) is 1. The predicted molar refractivity (Wildman–Crippen MR) is 65.0 cm³/mol. The van der Waals surface area contributed by atoms with E-state index in [1.165, 1.54) is 12.1 Å². The summed E-state index contributed by atoms with van der Waals surface area (Å²) in [6.45, 7) is 1.50. The van der Waals surface area contributed by atoms with Crippen molar-refractivity contribution in [1.29, 1.82) is 0 Å². The molecule has 0 atom stereocenters. The van der Waals surface area contributed by atoms with Gasteiger partial charge in [0.1, 0.15) is 13.2 Å². The molecule has 19 heavy (non-hydrogen) atoms. The van der Waals surface area contributed by atoms with Gasteiger partial charge >= 0.3 is 0 Å². The van der Waals surface area contributed by atoms with Gasteiger partial charge in [0.25, 0.3) is 5.92 Å². The number of hydrogen-bond acceptors (Lipinski definition) is 4. The van der Waals surface area contributed by atoms with E-state index >= 15 is 0 Å². The lowest BCUT2D eigenvalue weighted by atomic mass is 9.96. The fourth-order valence-corrected chi connectivity index (χ4v) is 1.95. The predicted octanol–water partition coefficient (Wildman–Crippen LogP) is 2.10. The van der Waals surface area contributed by atoms with Gasteiger partial charge in [-0.15, -0.1) is 0 Å². The number of benzene rings is 1. The van der Waals surface area contributed by atoms with Crippen LogP contribution in [0.1, 0.15) is 29.3 Å². The van der Waals surface area contributed by atoms with Gasteiger partial charge in [0.15, 0.2) is 17.3 Å². The number of Topliss-reactive ketones (excluding diaryl/α,β-unsaturated/α-hetero) is 1. The van der Waals surface area contributed by atoms with Crippen LogP contribution in [-0.4, -0.2) is 25.5 Å². The van der Waals surface area contributed by atoms with Gasteiger partial charge < -0.3 is 15.2 Å². The van der Waals surface area contributed by atoms with Gasteiger partial charge in [0.05, 0.1) is 0 Å². The van der Waals surface area contributed by atoms with E-state index in [0.29, 0.717) is 19.0 Å². The third-order valence-electron chi connectivity index (χ3n) is 2.83. The van der Waals surface area contributed by atoms with Crippen molar-refractivity contribution < 1.29 is 23.0 Å². The number of fused-ring (bicyclic) bond motifs is 1. The van der Waals surface area contributed by atoms with Crippen LogP contribution in [0.2, 0.25) is 0 Å². The highest BCUT2D eigenvalue weighted by molar-refractivity contribution is 5.98. The average Bonchev–Trinajstić information content (AvgIpc) is 2.36. The minimum absolute atomic E-state index is 0.0166. The number of carbonyl (C=O) groups is 1. The molecule has 0 saturated carbocycles. The Balaban J connectivity index is 2.52. The first-order valence-electron chi connectivity index (χ1n) is 5.98. The largest absolute Gasteiger partial charge is 0.486 e. The number of ether oxygens (including phenoxy) is 2. The van der Waals surface area contributed by atoms with Crippen molar-refractivity contribution in [1.82, 2.24) is 0 Å².